The fraction of sp³-hybridized carbons (Fsp3) is 0.250. The van der Waals surface area contributed by atoms with E-state index in [1.807, 2.05) is 24.6 Å². The minimum Gasteiger partial charge on any atom is -0.360 e. The van der Waals surface area contributed by atoms with Gasteiger partial charge >= 0.3 is 0 Å². The molecule has 0 bridgehead atoms. The van der Waals surface area contributed by atoms with E-state index in [1.165, 1.54) is 23.3 Å². The van der Waals surface area contributed by atoms with E-state index in [0.717, 1.165) is 26.9 Å². The summed E-state index contributed by atoms with van der Waals surface area (Å²) in [6, 6.07) is 12.9. The number of thiazole rings is 1. The minimum absolute atomic E-state index is 0.243. The Hall–Kier alpha value is -2.31. The van der Waals surface area contributed by atoms with Crippen molar-refractivity contribution < 1.29 is 0 Å². The molecule has 130 valence electrons. The molecule has 4 nitrogen and oxygen atoms in total. The highest BCUT2D eigenvalue weighted by Gasteiger charge is 2.34. The van der Waals surface area contributed by atoms with Gasteiger partial charge in [-0.05, 0) is 37.3 Å². The number of hydrogen-bond acceptors (Lipinski definition) is 6. The number of nitrogens with one attached hydrogen (secondary N) is 1. The molecule has 1 aromatic carbocycles. The second-order valence-corrected chi connectivity index (χ2v) is 8.60. The standard InChI is InChI=1S/C20H18N4S2/c1-12-22-18(24-17(14-7-8-14)20-21-9-10-25-20)15-11-16(26-19(15)23-12)13-5-3-2-4-6-13/h2-6,9-11,14,17H,7-8H2,1H3,(H,22,23,24). The molecule has 1 N–H and O–H groups in total. The van der Waals surface area contributed by atoms with Crippen LogP contribution in [-0.2, 0) is 0 Å². The van der Waals surface area contributed by atoms with Crippen LogP contribution in [0, 0.1) is 12.8 Å². The van der Waals surface area contributed by atoms with E-state index in [4.69, 9.17) is 4.98 Å². The Labute approximate surface area is 160 Å². The molecule has 3 heterocycles. The lowest BCUT2D eigenvalue weighted by atomic mass is 10.1. The van der Waals surface area contributed by atoms with Gasteiger partial charge < -0.3 is 5.32 Å². The van der Waals surface area contributed by atoms with Crippen LogP contribution in [-0.4, -0.2) is 15.0 Å². The van der Waals surface area contributed by atoms with Crippen LogP contribution < -0.4 is 5.32 Å². The lowest BCUT2D eigenvalue weighted by Crippen LogP contribution is -2.14. The maximum absolute atomic E-state index is 4.73. The summed E-state index contributed by atoms with van der Waals surface area (Å²) in [5.41, 5.74) is 1.22. The predicted molar refractivity (Wildman–Crippen MR) is 109 cm³/mol. The van der Waals surface area contributed by atoms with Crippen LogP contribution in [0.1, 0.15) is 29.7 Å². The molecule has 1 fully saturated rings. The van der Waals surface area contributed by atoms with Gasteiger partial charge in [-0.1, -0.05) is 30.3 Å². The van der Waals surface area contributed by atoms with E-state index in [9.17, 15) is 0 Å². The van der Waals surface area contributed by atoms with Crippen LogP contribution >= 0.6 is 22.7 Å². The zero-order valence-electron chi connectivity index (χ0n) is 14.3. The predicted octanol–water partition coefficient (Wildman–Crippen LogP) is 5.69. The van der Waals surface area contributed by atoms with E-state index in [0.29, 0.717) is 5.92 Å². The molecule has 3 aromatic heterocycles. The molecule has 26 heavy (non-hydrogen) atoms. The summed E-state index contributed by atoms with van der Waals surface area (Å²) < 4.78 is 0. The van der Waals surface area contributed by atoms with Crippen molar-refractivity contribution in [3.63, 3.8) is 0 Å². The van der Waals surface area contributed by atoms with Gasteiger partial charge in [0.05, 0.1) is 11.4 Å². The molecule has 5 rings (SSSR count). The number of hydrogen-bond donors (Lipinski definition) is 1. The Kier molecular flexibility index (Phi) is 3.94. The van der Waals surface area contributed by atoms with Gasteiger partial charge in [-0.15, -0.1) is 22.7 Å². The quantitative estimate of drug-likeness (QED) is 0.485. The zero-order chi connectivity index (χ0) is 17.5. The number of anilines is 1. The topological polar surface area (TPSA) is 50.7 Å². The van der Waals surface area contributed by atoms with Gasteiger partial charge in [0, 0.05) is 16.5 Å². The Balaban J connectivity index is 1.57. The Morgan fingerprint density at radius 1 is 1.15 bits per heavy atom. The Bertz CT molecular complexity index is 1040. The summed E-state index contributed by atoms with van der Waals surface area (Å²) in [7, 11) is 0. The lowest BCUT2D eigenvalue weighted by Gasteiger charge is -2.17. The van der Waals surface area contributed by atoms with Crippen molar-refractivity contribution in [2.24, 2.45) is 5.92 Å². The van der Waals surface area contributed by atoms with Gasteiger partial charge in [-0.3, -0.25) is 0 Å². The number of fused-ring (bicyclic) bond motifs is 1. The van der Waals surface area contributed by atoms with Crippen LogP contribution in [0.5, 0.6) is 0 Å². The summed E-state index contributed by atoms with van der Waals surface area (Å²) in [6.45, 7) is 1.96. The molecule has 4 aromatic rings. The molecule has 1 aliphatic carbocycles. The third-order valence-electron chi connectivity index (χ3n) is 4.67. The van der Waals surface area contributed by atoms with Gasteiger partial charge in [-0.2, -0.15) is 0 Å². The number of benzene rings is 1. The van der Waals surface area contributed by atoms with Crippen molar-refractivity contribution in [3.8, 4) is 10.4 Å². The summed E-state index contributed by atoms with van der Waals surface area (Å²) in [5, 5.41) is 7.99. The second kappa shape index (κ2) is 6.45. The normalized spacial score (nSPS) is 15.3. The van der Waals surface area contributed by atoms with Crippen LogP contribution in [0.15, 0.2) is 48.0 Å². The van der Waals surface area contributed by atoms with E-state index in [-0.39, 0.29) is 6.04 Å². The van der Waals surface area contributed by atoms with Gasteiger partial charge in [-0.25, -0.2) is 15.0 Å². The molecule has 0 radical (unpaired) electrons. The molecule has 1 saturated carbocycles. The number of aromatic nitrogens is 3. The summed E-state index contributed by atoms with van der Waals surface area (Å²) in [4.78, 5) is 16.2. The SMILES string of the molecule is Cc1nc(NC(c2nccs2)C2CC2)c2cc(-c3ccccc3)sc2n1. The monoisotopic (exact) mass is 378 g/mol. The van der Waals surface area contributed by atoms with Crippen molar-refractivity contribution in [1.29, 1.82) is 0 Å². The summed E-state index contributed by atoms with van der Waals surface area (Å²) in [5.74, 6) is 2.38. The first-order valence-corrected chi connectivity index (χ1v) is 10.5. The average molecular weight is 379 g/mol. The van der Waals surface area contributed by atoms with Crippen LogP contribution in [0.4, 0.5) is 5.82 Å². The first-order valence-electron chi connectivity index (χ1n) is 8.77. The van der Waals surface area contributed by atoms with Crippen molar-refractivity contribution in [1.82, 2.24) is 15.0 Å². The van der Waals surface area contributed by atoms with Crippen molar-refractivity contribution in [2.75, 3.05) is 5.32 Å². The van der Waals surface area contributed by atoms with Crippen molar-refractivity contribution in [3.05, 3.63) is 58.8 Å². The Morgan fingerprint density at radius 2 is 2.00 bits per heavy atom. The number of thiophene rings is 1. The molecule has 1 aliphatic rings. The average Bonchev–Trinajstić information content (AvgIpc) is 3.17. The fourth-order valence-corrected chi connectivity index (χ4v) is 5.09. The van der Waals surface area contributed by atoms with Crippen LogP contribution in [0.3, 0.4) is 0 Å². The van der Waals surface area contributed by atoms with Gasteiger partial charge in [0.15, 0.2) is 0 Å². The molecular formula is C20H18N4S2. The highest BCUT2D eigenvalue weighted by atomic mass is 32.1. The molecule has 0 amide bonds. The summed E-state index contributed by atoms with van der Waals surface area (Å²) in [6.07, 6.45) is 4.39. The molecule has 1 unspecified atom stereocenters. The molecule has 6 heteroatoms. The molecule has 0 aliphatic heterocycles. The Morgan fingerprint density at radius 3 is 2.73 bits per heavy atom. The largest absolute Gasteiger partial charge is 0.360 e. The fourth-order valence-electron chi connectivity index (χ4n) is 3.23. The van der Waals surface area contributed by atoms with E-state index >= 15 is 0 Å². The van der Waals surface area contributed by atoms with E-state index in [2.05, 4.69) is 45.6 Å². The third-order valence-corrected chi connectivity index (χ3v) is 6.60. The molecule has 0 saturated heterocycles. The van der Waals surface area contributed by atoms with Crippen LogP contribution in [0.25, 0.3) is 20.7 Å². The minimum atomic E-state index is 0.243. The third kappa shape index (κ3) is 2.99. The first-order chi connectivity index (χ1) is 12.8. The highest BCUT2D eigenvalue weighted by molar-refractivity contribution is 7.21. The highest BCUT2D eigenvalue weighted by Crippen LogP contribution is 2.44. The van der Waals surface area contributed by atoms with Gasteiger partial charge in [0.1, 0.15) is 21.5 Å². The molecule has 1 atom stereocenters. The van der Waals surface area contributed by atoms with Crippen molar-refractivity contribution in [2.45, 2.75) is 25.8 Å². The maximum atomic E-state index is 4.73. The zero-order valence-corrected chi connectivity index (χ0v) is 16.0. The second-order valence-electron chi connectivity index (χ2n) is 6.64. The van der Waals surface area contributed by atoms with E-state index in [1.54, 1.807) is 22.7 Å². The van der Waals surface area contributed by atoms with Gasteiger partial charge in [0.2, 0.25) is 0 Å². The van der Waals surface area contributed by atoms with Crippen LogP contribution in [0.2, 0.25) is 0 Å². The number of nitrogens with zero attached hydrogens (tertiary/aromatic N) is 3. The number of aryl methyl sites for hydroxylation is 1. The number of rotatable bonds is 5. The summed E-state index contributed by atoms with van der Waals surface area (Å²) >= 11 is 3.44. The van der Waals surface area contributed by atoms with E-state index < -0.39 is 0 Å². The molecular weight excluding hydrogens is 360 g/mol. The first kappa shape index (κ1) is 15.9. The lowest BCUT2D eigenvalue weighted by molar-refractivity contribution is 0.671. The van der Waals surface area contributed by atoms with Crippen molar-refractivity contribution >= 4 is 38.7 Å². The maximum Gasteiger partial charge on any atom is 0.139 e. The smallest absolute Gasteiger partial charge is 0.139 e. The molecule has 0 spiro atoms. The van der Waals surface area contributed by atoms with Gasteiger partial charge in [0.25, 0.3) is 0 Å².